The second-order valence-electron chi connectivity index (χ2n) is 20.1. The van der Waals surface area contributed by atoms with Gasteiger partial charge in [0.05, 0.1) is 38.8 Å². The lowest BCUT2D eigenvalue weighted by molar-refractivity contribution is 0.0719. The van der Waals surface area contributed by atoms with Gasteiger partial charge in [0.2, 0.25) is 5.95 Å². The van der Waals surface area contributed by atoms with Gasteiger partial charge in [0.1, 0.15) is 5.82 Å². The van der Waals surface area contributed by atoms with Gasteiger partial charge < -0.3 is 9.13 Å². The van der Waals surface area contributed by atoms with E-state index in [1.165, 1.54) is 56.2 Å². The summed E-state index contributed by atoms with van der Waals surface area (Å²) in [6, 6.07) is 68.4. The Bertz CT molecular complexity index is 3840. The highest BCUT2D eigenvalue weighted by Crippen LogP contribution is 2.54. The van der Waals surface area contributed by atoms with E-state index in [4.69, 9.17) is 15.0 Å². The van der Waals surface area contributed by atoms with Crippen LogP contribution in [0.1, 0.15) is 51.8 Å². The van der Waals surface area contributed by atoms with Crippen LogP contribution >= 0.6 is 0 Å². The first-order chi connectivity index (χ1) is 33.5. The van der Waals surface area contributed by atoms with E-state index in [2.05, 4.69) is 216 Å². The van der Waals surface area contributed by atoms with Crippen LogP contribution in [0.5, 0.6) is 0 Å². The summed E-state index contributed by atoms with van der Waals surface area (Å²) in [5, 5.41) is 7.28. The van der Waals surface area contributed by atoms with E-state index in [-0.39, 0.29) is 5.41 Å². The van der Waals surface area contributed by atoms with Gasteiger partial charge in [0.15, 0.2) is 5.82 Å². The van der Waals surface area contributed by atoms with Crippen molar-refractivity contribution in [1.82, 2.24) is 28.7 Å². The van der Waals surface area contributed by atoms with Crippen LogP contribution in [-0.2, 0) is 5.41 Å². The average Bonchev–Trinajstić information content (AvgIpc) is 4.01. The molecule has 4 atom stereocenters. The summed E-state index contributed by atoms with van der Waals surface area (Å²) >= 11 is 0. The predicted octanol–water partition coefficient (Wildman–Crippen LogP) is 15.6. The molecule has 14 rings (SSSR count). The standard InChI is InChI=1S/C62H50N6/c1-39-33-41-34-40(2)37-62(36-39,38-41)60-63-59(64-61(65-60)68-55-29-14-8-21-47(55)48-22-9-15-30-56(48)68)50-25-16-24-44(42-17-4-3-5-18-42)58(50)67-54-28-13-10-23-49(54)51-35-43(31-32-57(51)67)66-52-26-11-6-19-45(52)46-20-7-12-27-53(46)66/h3-32,35,39-41H,33-34,36-38H2,1-2H3/t39-,40+,41+,62?. The van der Waals surface area contributed by atoms with Crippen molar-refractivity contribution in [2.45, 2.75) is 51.4 Å². The van der Waals surface area contributed by atoms with Crippen LogP contribution in [0.4, 0.5) is 0 Å². The highest BCUT2D eigenvalue weighted by molar-refractivity contribution is 6.13. The highest BCUT2D eigenvalue weighted by Gasteiger charge is 2.48. The van der Waals surface area contributed by atoms with E-state index in [1.54, 1.807) is 0 Å². The first-order valence-electron chi connectivity index (χ1n) is 24.5. The second kappa shape index (κ2) is 15.1. The fourth-order valence-corrected chi connectivity index (χ4v) is 13.3. The van der Waals surface area contributed by atoms with E-state index in [0.29, 0.717) is 29.5 Å². The van der Waals surface area contributed by atoms with Gasteiger partial charge in [-0.15, -0.1) is 0 Å². The third-order valence-corrected chi connectivity index (χ3v) is 15.6. The van der Waals surface area contributed by atoms with Crippen molar-refractivity contribution in [2.24, 2.45) is 17.8 Å². The first kappa shape index (κ1) is 39.3. The SMILES string of the molecule is C[C@@H]1C[C@H]2C[C@H](C)CC(c3nc(-c4cccc(-c5ccccc5)c4-n4c5ccccc5c5cc(-n6c7ccccc7c7ccccc76)ccc54)nc(-n4c5ccccc5c5ccccc54)n3)(C1)C2. The molecule has 2 aliphatic carbocycles. The van der Waals surface area contributed by atoms with Gasteiger partial charge in [-0.2, -0.15) is 9.97 Å². The number of nitrogens with zero attached hydrogens (tertiary/aromatic N) is 6. The number of aromatic nitrogens is 6. The Kier molecular flexibility index (Phi) is 8.73. The Morgan fingerprint density at radius 2 is 0.897 bits per heavy atom. The van der Waals surface area contributed by atoms with Crippen LogP contribution in [0, 0.1) is 17.8 Å². The molecule has 0 radical (unpaired) electrons. The zero-order valence-corrected chi connectivity index (χ0v) is 38.3. The molecule has 12 aromatic rings. The Hall–Kier alpha value is -7.83. The molecule has 2 bridgehead atoms. The number of rotatable bonds is 6. The number of fused-ring (bicyclic) bond motifs is 11. The molecule has 1 unspecified atom stereocenters. The number of benzene rings is 8. The quantitative estimate of drug-likeness (QED) is 0.167. The fourth-order valence-electron chi connectivity index (χ4n) is 13.3. The molecule has 4 aromatic heterocycles. The molecule has 0 amide bonds. The zero-order chi connectivity index (χ0) is 45.1. The molecule has 2 fully saturated rings. The van der Waals surface area contributed by atoms with Crippen molar-refractivity contribution in [3.05, 3.63) is 194 Å². The Labute approximate surface area is 395 Å². The van der Waals surface area contributed by atoms with E-state index < -0.39 is 0 Å². The number of hydrogen-bond donors (Lipinski definition) is 0. The zero-order valence-electron chi connectivity index (χ0n) is 38.3. The monoisotopic (exact) mass is 878 g/mol. The summed E-state index contributed by atoms with van der Waals surface area (Å²) in [7, 11) is 0. The molecule has 0 spiro atoms. The molecule has 6 nitrogen and oxygen atoms in total. The van der Waals surface area contributed by atoms with Gasteiger partial charge in [-0.1, -0.05) is 147 Å². The van der Waals surface area contributed by atoms with Crippen LogP contribution < -0.4 is 0 Å². The van der Waals surface area contributed by atoms with Crippen molar-refractivity contribution in [1.29, 1.82) is 0 Å². The number of para-hydroxylation sites is 6. The highest BCUT2D eigenvalue weighted by atomic mass is 15.2. The average molecular weight is 879 g/mol. The summed E-state index contributed by atoms with van der Waals surface area (Å²) in [6.45, 7) is 4.90. The molecular formula is C62H50N6. The van der Waals surface area contributed by atoms with Crippen molar-refractivity contribution in [3.8, 4) is 39.8 Å². The summed E-state index contributed by atoms with van der Waals surface area (Å²) < 4.78 is 7.20. The minimum Gasteiger partial charge on any atom is -0.309 e. The molecule has 0 aliphatic heterocycles. The van der Waals surface area contributed by atoms with Gasteiger partial charge in [0.25, 0.3) is 0 Å². The fraction of sp³-hybridized carbons (Fsp3) is 0.177. The van der Waals surface area contributed by atoms with Crippen LogP contribution in [0.15, 0.2) is 188 Å². The van der Waals surface area contributed by atoms with Gasteiger partial charge in [0, 0.05) is 54.5 Å². The minimum absolute atomic E-state index is 0.140. The summed E-state index contributed by atoms with van der Waals surface area (Å²) in [4.78, 5) is 17.2. The summed E-state index contributed by atoms with van der Waals surface area (Å²) in [5.41, 5.74) is 12.1. The van der Waals surface area contributed by atoms with Crippen LogP contribution in [0.25, 0.3) is 105 Å². The molecule has 2 aliphatic rings. The molecule has 328 valence electrons. The maximum Gasteiger partial charge on any atom is 0.238 e. The van der Waals surface area contributed by atoms with Crippen molar-refractivity contribution < 1.29 is 0 Å². The number of hydrogen-bond acceptors (Lipinski definition) is 3. The van der Waals surface area contributed by atoms with Gasteiger partial charge in [-0.3, -0.25) is 4.57 Å². The first-order valence-corrected chi connectivity index (χ1v) is 24.5. The summed E-state index contributed by atoms with van der Waals surface area (Å²) in [6.07, 6.45) is 5.85. The van der Waals surface area contributed by atoms with E-state index in [1.807, 2.05) is 0 Å². The Morgan fingerprint density at radius 3 is 1.49 bits per heavy atom. The smallest absolute Gasteiger partial charge is 0.238 e. The molecule has 68 heavy (non-hydrogen) atoms. The maximum absolute atomic E-state index is 5.80. The molecule has 8 aromatic carbocycles. The second-order valence-corrected chi connectivity index (χ2v) is 20.1. The van der Waals surface area contributed by atoms with E-state index in [0.717, 1.165) is 75.2 Å². The van der Waals surface area contributed by atoms with E-state index in [9.17, 15) is 0 Å². The third kappa shape index (κ3) is 5.92. The lowest BCUT2D eigenvalue weighted by Gasteiger charge is -2.49. The molecule has 0 N–H and O–H groups in total. The lowest BCUT2D eigenvalue weighted by atomic mass is 9.56. The predicted molar refractivity (Wildman–Crippen MR) is 280 cm³/mol. The van der Waals surface area contributed by atoms with Gasteiger partial charge in [-0.25, -0.2) is 4.98 Å². The van der Waals surface area contributed by atoms with Crippen LogP contribution in [0.3, 0.4) is 0 Å². The molecule has 4 heterocycles. The van der Waals surface area contributed by atoms with Crippen molar-refractivity contribution in [2.75, 3.05) is 0 Å². The van der Waals surface area contributed by atoms with Gasteiger partial charge in [-0.05, 0) is 110 Å². The minimum atomic E-state index is -0.140. The van der Waals surface area contributed by atoms with Crippen molar-refractivity contribution in [3.63, 3.8) is 0 Å². The van der Waals surface area contributed by atoms with Crippen LogP contribution in [0.2, 0.25) is 0 Å². The Morgan fingerprint density at radius 1 is 0.412 bits per heavy atom. The van der Waals surface area contributed by atoms with Crippen molar-refractivity contribution >= 4 is 65.4 Å². The maximum atomic E-state index is 5.80. The molecule has 6 heteroatoms. The lowest BCUT2D eigenvalue weighted by Crippen LogP contribution is -2.43. The summed E-state index contributed by atoms with van der Waals surface area (Å²) in [5.74, 6) is 4.19. The molecule has 2 saturated carbocycles. The largest absolute Gasteiger partial charge is 0.309 e. The Balaban J connectivity index is 1.07. The van der Waals surface area contributed by atoms with E-state index >= 15 is 0 Å². The van der Waals surface area contributed by atoms with Crippen LogP contribution in [-0.4, -0.2) is 28.7 Å². The molecular weight excluding hydrogens is 829 g/mol. The third-order valence-electron chi connectivity index (χ3n) is 15.6. The molecule has 0 saturated heterocycles. The topological polar surface area (TPSA) is 53.5 Å². The normalized spacial score (nSPS) is 19.5. The van der Waals surface area contributed by atoms with Gasteiger partial charge >= 0.3 is 0 Å².